The van der Waals surface area contributed by atoms with Crippen molar-refractivity contribution in [3.05, 3.63) is 4.85 Å². The van der Waals surface area contributed by atoms with E-state index in [0.29, 0.717) is 13.1 Å². The van der Waals surface area contributed by atoms with E-state index in [1.54, 1.807) is 4.90 Å². The highest BCUT2D eigenvalue weighted by molar-refractivity contribution is 5.68. The maximum atomic E-state index is 11.5. The molecule has 0 spiro atoms. The van der Waals surface area contributed by atoms with Gasteiger partial charge in [-0.15, -0.1) is 0 Å². The number of amides is 1. The van der Waals surface area contributed by atoms with Crippen molar-refractivity contribution < 1.29 is 9.53 Å². The van der Waals surface area contributed by atoms with Gasteiger partial charge in [0.05, 0.1) is 0 Å². The zero-order valence-corrected chi connectivity index (χ0v) is 8.99. The van der Waals surface area contributed by atoms with Crippen molar-refractivity contribution in [1.29, 1.82) is 0 Å². The lowest BCUT2D eigenvalue weighted by Gasteiger charge is -2.23. The van der Waals surface area contributed by atoms with Crippen molar-refractivity contribution in [3.63, 3.8) is 0 Å². The van der Waals surface area contributed by atoms with Gasteiger partial charge in [0, 0.05) is 13.0 Å². The molecule has 1 fully saturated rings. The Kier molecular flexibility index (Phi) is 3.00. The van der Waals surface area contributed by atoms with Crippen molar-refractivity contribution in [2.75, 3.05) is 13.1 Å². The molecular formula is C10H17N2O2+. The Labute approximate surface area is 84.7 Å². The van der Waals surface area contributed by atoms with Gasteiger partial charge < -0.3 is 4.74 Å². The third kappa shape index (κ3) is 2.91. The van der Waals surface area contributed by atoms with Crippen LogP contribution in [0.25, 0.3) is 4.85 Å². The van der Waals surface area contributed by atoms with E-state index < -0.39 is 5.60 Å². The summed E-state index contributed by atoms with van der Waals surface area (Å²) in [4.78, 5) is 16.9. The lowest BCUT2D eigenvalue weighted by Crippen LogP contribution is -2.35. The predicted molar refractivity (Wildman–Crippen MR) is 54.5 cm³/mol. The van der Waals surface area contributed by atoms with Crippen molar-refractivity contribution in [2.24, 2.45) is 0 Å². The fraction of sp³-hybridized carbons (Fsp3) is 0.800. The summed E-state index contributed by atoms with van der Waals surface area (Å²) >= 11 is 0. The van der Waals surface area contributed by atoms with E-state index in [2.05, 4.69) is 4.85 Å². The molecule has 1 rings (SSSR count). The average molecular weight is 197 g/mol. The van der Waals surface area contributed by atoms with Crippen LogP contribution in [-0.4, -0.2) is 35.7 Å². The van der Waals surface area contributed by atoms with E-state index in [1.165, 1.54) is 0 Å². The highest BCUT2D eigenvalue weighted by atomic mass is 16.6. The molecule has 0 aromatic heterocycles. The zero-order valence-electron chi connectivity index (χ0n) is 8.99. The van der Waals surface area contributed by atoms with Crippen LogP contribution >= 0.6 is 0 Å². The molecule has 1 heterocycles. The number of hydrogen-bond donors (Lipinski definition) is 0. The van der Waals surface area contributed by atoms with Crippen molar-refractivity contribution in [2.45, 2.75) is 38.8 Å². The van der Waals surface area contributed by atoms with Gasteiger partial charge >= 0.3 is 6.09 Å². The Hall–Kier alpha value is -1.24. The highest BCUT2D eigenvalue weighted by Gasteiger charge is 2.34. The number of nitrogens with zero attached hydrogens (tertiary/aromatic N) is 2. The number of carbonyl (C=O) groups excluding carboxylic acids is 1. The molecular weight excluding hydrogens is 180 g/mol. The first kappa shape index (κ1) is 10.8. The largest absolute Gasteiger partial charge is 0.444 e. The monoisotopic (exact) mass is 197 g/mol. The first-order valence-corrected chi connectivity index (χ1v) is 4.80. The lowest BCUT2D eigenvalue weighted by molar-refractivity contribution is 0.0294. The summed E-state index contributed by atoms with van der Waals surface area (Å²) < 4.78 is 5.22. The van der Waals surface area contributed by atoms with Crippen LogP contribution in [0, 0.1) is 6.57 Å². The van der Waals surface area contributed by atoms with Crippen LogP contribution in [0.1, 0.15) is 27.2 Å². The summed E-state index contributed by atoms with van der Waals surface area (Å²) in [5.74, 6) is 0. The minimum absolute atomic E-state index is 0.0718. The highest BCUT2D eigenvalue weighted by Crippen LogP contribution is 2.16. The average Bonchev–Trinajstić information content (AvgIpc) is 2.48. The molecule has 1 atom stereocenters. The standard InChI is InChI=1S/C10H17N2O2/c1-10(2,3)14-9(13)12-6-5-8(7-12)11-4/h4,8H,5-7H2,1-3H3/q+1/t8-/m1/s1. The number of rotatable bonds is 0. The fourth-order valence-corrected chi connectivity index (χ4v) is 1.36. The van der Waals surface area contributed by atoms with Gasteiger partial charge in [0.2, 0.25) is 0 Å². The SMILES string of the molecule is C#[N+][C@@H]1CCN(C(=O)OC(C)(C)C)C1. The zero-order chi connectivity index (χ0) is 10.8. The summed E-state index contributed by atoms with van der Waals surface area (Å²) in [7, 11) is 0. The van der Waals surface area contributed by atoms with Crippen LogP contribution in [0.3, 0.4) is 0 Å². The Morgan fingerprint density at radius 2 is 2.21 bits per heavy atom. The van der Waals surface area contributed by atoms with E-state index >= 15 is 0 Å². The lowest BCUT2D eigenvalue weighted by atomic mass is 10.2. The molecule has 0 aromatic carbocycles. The Bertz CT molecular complexity index is 262. The van der Waals surface area contributed by atoms with E-state index in [-0.39, 0.29) is 12.1 Å². The summed E-state index contributed by atoms with van der Waals surface area (Å²) in [6, 6.07) is 0.0718. The number of hydrogen-bond acceptors (Lipinski definition) is 2. The van der Waals surface area contributed by atoms with Crippen LogP contribution in [0.15, 0.2) is 0 Å². The van der Waals surface area contributed by atoms with Gasteiger partial charge in [-0.2, -0.15) is 0 Å². The molecule has 0 unspecified atom stereocenters. The van der Waals surface area contributed by atoms with E-state index in [9.17, 15) is 4.79 Å². The van der Waals surface area contributed by atoms with Crippen molar-refractivity contribution in [3.8, 4) is 6.57 Å². The molecule has 0 saturated carbocycles. The summed E-state index contributed by atoms with van der Waals surface area (Å²) in [5, 5.41) is 0. The van der Waals surface area contributed by atoms with E-state index in [0.717, 1.165) is 6.42 Å². The molecule has 0 bridgehead atoms. The Balaban J connectivity index is 2.45. The third-order valence-electron chi connectivity index (χ3n) is 2.03. The van der Waals surface area contributed by atoms with Crippen molar-refractivity contribution >= 4 is 6.09 Å². The van der Waals surface area contributed by atoms with Crippen molar-refractivity contribution in [1.82, 2.24) is 4.90 Å². The normalized spacial score (nSPS) is 21.9. The first-order valence-electron chi connectivity index (χ1n) is 4.80. The van der Waals surface area contributed by atoms with Gasteiger partial charge in [-0.1, -0.05) is 4.85 Å². The molecule has 0 radical (unpaired) electrons. The first-order chi connectivity index (χ1) is 6.42. The Morgan fingerprint density at radius 3 is 2.64 bits per heavy atom. The number of likely N-dealkylation sites (tertiary alicyclic amines) is 1. The molecule has 0 aromatic rings. The van der Waals surface area contributed by atoms with Gasteiger partial charge in [-0.25, -0.2) is 4.79 Å². The molecule has 0 aliphatic carbocycles. The molecule has 1 aliphatic heterocycles. The minimum Gasteiger partial charge on any atom is -0.444 e. The molecule has 14 heavy (non-hydrogen) atoms. The van der Waals surface area contributed by atoms with Gasteiger partial charge in [-0.05, 0) is 20.8 Å². The summed E-state index contributed by atoms with van der Waals surface area (Å²) in [5.41, 5.74) is -0.435. The number of ether oxygens (including phenoxy) is 1. The van der Waals surface area contributed by atoms with Crippen LogP contribution in [0.4, 0.5) is 4.79 Å². The van der Waals surface area contributed by atoms with Gasteiger partial charge in [0.15, 0.2) is 0 Å². The van der Waals surface area contributed by atoms with Gasteiger partial charge in [0.1, 0.15) is 12.1 Å². The molecule has 1 amide bonds. The van der Waals surface area contributed by atoms with Crippen LogP contribution in [0.2, 0.25) is 0 Å². The predicted octanol–water partition coefficient (Wildman–Crippen LogP) is 1.96. The maximum absolute atomic E-state index is 11.5. The molecule has 1 saturated heterocycles. The summed E-state index contributed by atoms with van der Waals surface area (Å²) in [6.45, 7) is 12.0. The minimum atomic E-state index is -0.435. The van der Waals surface area contributed by atoms with Crippen LogP contribution < -0.4 is 0 Å². The summed E-state index contributed by atoms with van der Waals surface area (Å²) in [6.07, 6.45) is 0.555. The molecule has 1 aliphatic rings. The molecule has 0 N–H and O–H groups in total. The smallest absolute Gasteiger partial charge is 0.410 e. The Morgan fingerprint density at radius 1 is 1.57 bits per heavy atom. The second kappa shape index (κ2) is 3.87. The third-order valence-corrected chi connectivity index (χ3v) is 2.03. The van der Waals surface area contributed by atoms with Gasteiger partial charge in [0.25, 0.3) is 12.6 Å². The van der Waals surface area contributed by atoms with E-state index in [4.69, 9.17) is 11.3 Å². The topological polar surface area (TPSA) is 33.9 Å². The molecule has 78 valence electrons. The fourth-order valence-electron chi connectivity index (χ4n) is 1.36. The van der Waals surface area contributed by atoms with Gasteiger partial charge in [-0.3, -0.25) is 4.90 Å². The number of carbonyl (C=O) groups is 1. The molecule has 4 heteroatoms. The van der Waals surface area contributed by atoms with E-state index in [1.807, 2.05) is 20.8 Å². The molecule has 4 nitrogen and oxygen atoms in total. The van der Waals surface area contributed by atoms with Crippen LogP contribution in [0.5, 0.6) is 0 Å². The maximum Gasteiger partial charge on any atom is 0.410 e. The second-order valence-electron chi connectivity index (χ2n) is 4.52. The van der Waals surface area contributed by atoms with Crippen LogP contribution in [-0.2, 0) is 4.74 Å². The quantitative estimate of drug-likeness (QED) is 0.595. The second-order valence-corrected chi connectivity index (χ2v) is 4.52.